The van der Waals surface area contributed by atoms with Crippen LogP contribution < -0.4 is 10.1 Å². The molecule has 4 rings (SSSR count). The van der Waals surface area contributed by atoms with E-state index in [2.05, 4.69) is 10.2 Å². The molecule has 4 nitrogen and oxygen atoms in total. The van der Waals surface area contributed by atoms with Crippen molar-refractivity contribution < 1.29 is 9.53 Å². The standard InChI is InChI=1S/C17H22N2O2/c1-10-7-11(3-6-16(10)21-2)17(20)19-14-4-5-15(19)13-9-18-8-12(13)14/h3,6-7,12-15,18H,4-5,8-9H2,1-2H3/t12-,13+,14-,15+. The molecule has 0 radical (unpaired) electrons. The van der Waals surface area contributed by atoms with Crippen molar-refractivity contribution in [3.8, 4) is 5.75 Å². The Labute approximate surface area is 125 Å². The van der Waals surface area contributed by atoms with E-state index in [4.69, 9.17) is 4.74 Å². The first-order valence-corrected chi connectivity index (χ1v) is 7.88. The normalized spacial score (nSPS) is 33.3. The fraction of sp³-hybridized carbons (Fsp3) is 0.588. The van der Waals surface area contributed by atoms with Crippen LogP contribution in [0.15, 0.2) is 18.2 Å². The molecule has 0 aromatic heterocycles. The van der Waals surface area contributed by atoms with Crippen molar-refractivity contribution in [3.63, 3.8) is 0 Å². The lowest BCUT2D eigenvalue weighted by Crippen LogP contribution is -2.39. The lowest BCUT2D eigenvalue weighted by Gasteiger charge is -2.25. The molecule has 3 aliphatic heterocycles. The molecule has 112 valence electrons. The number of aryl methyl sites for hydroxylation is 1. The number of hydrogen-bond donors (Lipinski definition) is 1. The summed E-state index contributed by atoms with van der Waals surface area (Å²) >= 11 is 0. The molecule has 1 N–H and O–H groups in total. The molecule has 2 bridgehead atoms. The number of amides is 1. The first kappa shape index (κ1) is 13.1. The van der Waals surface area contributed by atoms with Crippen molar-refractivity contribution >= 4 is 5.91 Å². The van der Waals surface area contributed by atoms with Crippen molar-refractivity contribution in [2.75, 3.05) is 20.2 Å². The summed E-state index contributed by atoms with van der Waals surface area (Å²) in [6.07, 6.45) is 2.35. The molecular formula is C17H22N2O2. The highest BCUT2D eigenvalue weighted by Crippen LogP contribution is 2.47. The number of hydrogen-bond acceptors (Lipinski definition) is 3. The number of methoxy groups -OCH3 is 1. The van der Waals surface area contributed by atoms with Crippen molar-refractivity contribution in [3.05, 3.63) is 29.3 Å². The zero-order valence-electron chi connectivity index (χ0n) is 12.6. The molecule has 1 aromatic carbocycles. The van der Waals surface area contributed by atoms with E-state index in [1.165, 1.54) is 12.8 Å². The average Bonchev–Trinajstić information content (AvgIpc) is 3.18. The van der Waals surface area contributed by atoms with Gasteiger partial charge in [-0.1, -0.05) is 0 Å². The van der Waals surface area contributed by atoms with Gasteiger partial charge >= 0.3 is 0 Å². The molecule has 3 aliphatic rings. The largest absolute Gasteiger partial charge is 0.496 e. The van der Waals surface area contributed by atoms with Gasteiger partial charge in [-0.25, -0.2) is 0 Å². The summed E-state index contributed by atoms with van der Waals surface area (Å²) in [5.74, 6) is 2.40. The highest BCUT2D eigenvalue weighted by molar-refractivity contribution is 5.95. The van der Waals surface area contributed by atoms with Gasteiger partial charge < -0.3 is 15.0 Å². The minimum Gasteiger partial charge on any atom is -0.496 e. The van der Waals surface area contributed by atoms with E-state index in [1.807, 2.05) is 25.1 Å². The van der Waals surface area contributed by atoms with Gasteiger partial charge in [-0.05, 0) is 55.4 Å². The molecule has 0 saturated carbocycles. The molecule has 4 atom stereocenters. The van der Waals surface area contributed by atoms with E-state index >= 15 is 0 Å². The molecule has 0 spiro atoms. The van der Waals surface area contributed by atoms with Gasteiger partial charge in [0.15, 0.2) is 0 Å². The number of ether oxygens (including phenoxy) is 1. The van der Waals surface area contributed by atoms with Crippen LogP contribution in [0.5, 0.6) is 5.75 Å². The molecule has 3 saturated heterocycles. The zero-order valence-corrected chi connectivity index (χ0v) is 12.6. The van der Waals surface area contributed by atoms with Crippen LogP contribution in [-0.4, -0.2) is 43.1 Å². The summed E-state index contributed by atoms with van der Waals surface area (Å²) in [7, 11) is 1.67. The predicted octanol–water partition coefficient (Wildman–Crippen LogP) is 1.83. The number of carbonyl (C=O) groups is 1. The third kappa shape index (κ3) is 1.81. The van der Waals surface area contributed by atoms with Crippen LogP contribution in [0.1, 0.15) is 28.8 Å². The Bertz CT molecular complexity index is 568. The average molecular weight is 286 g/mol. The molecule has 3 fully saturated rings. The van der Waals surface area contributed by atoms with Crippen molar-refractivity contribution in [1.82, 2.24) is 10.2 Å². The monoisotopic (exact) mass is 286 g/mol. The maximum atomic E-state index is 13.0. The molecule has 0 aliphatic carbocycles. The second-order valence-corrected chi connectivity index (χ2v) is 6.59. The number of benzene rings is 1. The van der Waals surface area contributed by atoms with Crippen LogP contribution in [0.2, 0.25) is 0 Å². The van der Waals surface area contributed by atoms with E-state index in [0.717, 1.165) is 30.0 Å². The molecule has 3 heterocycles. The Morgan fingerprint density at radius 1 is 1.24 bits per heavy atom. The van der Waals surface area contributed by atoms with Crippen LogP contribution >= 0.6 is 0 Å². The lowest BCUT2D eigenvalue weighted by atomic mass is 9.82. The van der Waals surface area contributed by atoms with Gasteiger partial charge in [0.25, 0.3) is 5.91 Å². The molecule has 1 aromatic rings. The van der Waals surface area contributed by atoms with E-state index in [9.17, 15) is 4.79 Å². The lowest BCUT2D eigenvalue weighted by molar-refractivity contribution is 0.0709. The van der Waals surface area contributed by atoms with Gasteiger partial charge in [0, 0.05) is 30.7 Å². The highest BCUT2D eigenvalue weighted by atomic mass is 16.5. The fourth-order valence-electron chi connectivity index (χ4n) is 4.73. The second-order valence-electron chi connectivity index (χ2n) is 6.59. The van der Waals surface area contributed by atoms with Crippen LogP contribution in [0.25, 0.3) is 0 Å². The number of nitrogens with one attached hydrogen (secondary N) is 1. The van der Waals surface area contributed by atoms with E-state index < -0.39 is 0 Å². The predicted molar refractivity (Wildman–Crippen MR) is 80.6 cm³/mol. The van der Waals surface area contributed by atoms with Crippen LogP contribution in [-0.2, 0) is 0 Å². The van der Waals surface area contributed by atoms with Crippen LogP contribution in [0, 0.1) is 18.8 Å². The molecular weight excluding hydrogens is 264 g/mol. The summed E-state index contributed by atoms with van der Waals surface area (Å²) < 4.78 is 5.29. The zero-order chi connectivity index (χ0) is 14.6. The van der Waals surface area contributed by atoms with Gasteiger partial charge in [0.05, 0.1) is 7.11 Å². The highest BCUT2D eigenvalue weighted by Gasteiger charge is 2.56. The molecule has 21 heavy (non-hydrogen) atoms. The fourth-order valence-corrected chi connectivity index (χ4v) is 4.73. The first-order chi connectivity index (χ1) is 10.2. The maximum absolute atomic E-state index is 13.0. The number of fused-ring (bicyclic) bond motifs is 5. The summed E-state index contributed by atoms with van der Waals surface area (Å²) in [6, 6.07) is 6.67. The number of carbonyl (C=O) groups excluding carboxylic acids is 1. The van der Waals surface area contributed by atoms with Crippen LogP contribution in [0.3, 0.4) is 0 Å². The van der Waals surface area contributed by atoms with Gasteiger partial charge in [0.1, 0.15) is 5.75 Å². The Morgan fingerprint density at radius 3 is 2.48 bits per heavy atom. The van der Waals surface area contributed by atoms with Gasteiger partial charge in [-0.2, -0.15) is 0 Å². The van der Waals surface area contributed by atoms with Crippen molar-refractivity contribution in [1.29, 1.82) is 0 Å². The Balaban J connectivity index is 1.62. The van der Waals surface area contributed by atoms with E-state index in [0.29, 0.717) is 23.9 Å². The first-order valence-electron chi connectivity index (χ1n) is 7.88. The summed E-state index contributed by atoms with van der Waals surface area (Å²) in [5, 5.41) is 3.49. The maximum Gasteiger partial charge on any atom is 0.254 e. The number of rotatable bonds is 2. The Hall–Kier alpha value is -1.55. The van der Waals surface area contributed by atoms with Gasteiger partial charge in [-0.15, -0.1) is 0 Å². The van der Waals surface area contributed by atoms with Crippen molar-refractivity contribution in [2.45, 2.75) is 31.8 Å². The molecule has 1 amide bonds. The molecule has 4 heteroatoms. The Kier molecular flexibility index (Phi) is 2.96. The number of nitrogens with zero attached hydrogens (tertiary/aromatic N) is 1. The van der Waals surface area contributed by atoms with E-state index in [1.54, 1.807) is 7.11 Å². The SMILES string of the molecule is COc1ccc(C(=O)N2[C@@H]3CC[C@H]2[C@H]2CNC[C@H]23)cc1C. The third-order valence-electron chi connectivity index (χ3n) is 5.65. The van der Waals surface area contributed by atoms with E-state index in [-0.39, 0.29) is 5.91 Å². The summed E-state index contributed by atoms with van der Waals surface area (Å²) in [6.45, 7) is 4.15. The minimum atomic E-state index is 0.211. The van der Waals surface area contributed by atoms with Crippen molar-refractivity contribution in [2.24, 2.45) is 11.8 Å². The van der Waals surface area contributed by atoms with Gasteiger partial charge in [0.2, 0.25) is 0 Å². The second kappa shape index (κ2) is 4.73. The third-order valence-corrected chi connectivity index (χ3v) is 5.65. The molecule has 0 unspecified atom stereocenters. The van der Waals surface area contributed by atoms with Gasteiger partial charge in [-0.3, -0.25) is 4.79 Å². The Morgan fingerprint density at radius 2 is 1.90 bits per heavy atom. The van der Waals surface area contributed by atoms with Crippen LogP contribution in [0.4, 0.5) is 0 Å². The minimum absolute atomic E-state index is 0.211. The summed E-state index contributed by atoms with van der Waals surface area (Å²) in [4.78, 5) is 15.1. The smallest absolute Gasteiger partial charge is 0.254 e. The quantitative estimate of drug-likeness (QED) is 0.902. The summed E-state index contributed by atoms with van der Waals surface area (Å²) in [5.41, 5.74) is 1.83. The topological polar surface area (TPSA) is 41.6 Å².